The van der Waals surface area contributed by atoms with Crippen LogP contribution in [-0.2, 0) is 28.6 Å². The van der Waals surface area contributed by atoms with Gasteiger partial charge in [-0.2, -0.15) is 0 Å². The van der Waals surface area contributed by atoms with Gasteiger partial charge >= 0.3 is 17.9 Å². The van der Waals surface area contributed by atoms with Crippen molar-refractivity contribution in [3.05, 3.63) is 109 Å². The van der Waals surface area contributed by atoms with Crippen molar-refractivity contribution in [2.45, 2.75) is 290 Å². The molecule has 0 heterocycles. The quantitative estimate of drug-likeness (QED) is 0.0261. The molecule has 0 radical (unpaired) electrons. The van der Waals surface area contributed by atoms with Crippen LogP contribution in [0.25, 0.3) is 0 Å². The maximum absolute atomic E-state index is 12.9. The molecule has 0 saturated heterocycles. The molecule has 0 aliphatic carbocycles. The van der Waals surface area contributed by atoms with Gasteiger partial charge < -0.3 is 14.2 Å². The van der Waals surface area contributed by atoms with E-state index in [9.17, 15) is 14.4 Å². The molecule has 0 aromatic heterocycles. The molecule has 0 bridgehead atoms. The van der Waals surface area contributed by atoms with Gasteiger partial charge in [-0.25, -0.2) is 0 Å². The number of carbonyl (C=O) groups excluding carboxylic acids is 3. The average molecular weight is 1030 g/mol. The molecule has 0 spiro atoms. The van der Waals surface area contributed by atoms with Crippen molar-refractivity contribution in [2.24, 2.45) is 0 Å². The van der Waals surface area contributed by atoms with E-state index in [1.165, 1.54) is 122 Å². The van der Waals surface area contributed by atoms with E-state index >= 15 is 0 Å². The van der Waals surface area contributed by atoms with Crippen LogP contribution < -0.4 is 0 Å². The Morgan fingerprint density at radius 1 is 0.284 bits per heavy atom. The lowest BCUT2D eigenvalue weighted by Gasteiger charge is -2.18. The second-order valence-corrected chi connectivity index (χ2v) is 20.2. The summed E-state index contributed by atoms with van der Waals surface area (Å²) in [6, 6.07) is 0. The lowest BCUT2D eigenvalue weighted by atomic mass is 10.1. The van der Waals surface area contributed by atoms with Gasteiger partial charge in [0.1, 0.15) is 13.2 Å². The fourth-order valence-electron chi connectivity index (χ4n) is 8.35. The zero-order chi connectivity index (χ0) is 53.6. The lowest BCUT2D eigenvalue weighted by molar-refractivity contribution is -0.167. The third kappa shape index (κ3) is 59.0. The third-order valence-corrected chi connectivity index (χ3v) is 13.0. The van der Waals surface area contributed by atoms with E-state index in [1.54, 1.807) is 0 Å². The number of ether oxygens (including phenoxy) is 3. The highest BCUT2D eigenvalue weighted by molar-refractivity contribution is 5.71. The number of hydrogen-bond donors (Lipinski definition) is 0. The predicted molar refractivity (Wildman–Crippen MR) is 320 cm³/mol. The summed E-state index contributed by atoms with van der Waals surface area (Å²) in [5, 5.41) is 0. The lowest BCUT2D eigenvalue weighted by Crippen LogP contribution is -2.30. The first-order chi connectivity index (χ1) is 36.5. The predicted octanol–water partition coefficient (Wildman–Crippen LogP) is 21.0. The van der Waals surface area contributed by atoms with Gasteiger partial charge in [0.15, 0.2) is 6.10 Å². The minimum absolute atomic E-state index is 0.100. The van der Waals surface area contributed by atoms with Gasteiger partial charge in [-0.05, 0) is 128 Å². The Kier molecular flexibility index (Phi) is 58.3. The smallest absolute Gasteiger partial charge is 0.306 e. The Morgan fingerprint density at radius 3 is 0.865 bits per heavy atom. The molecule has 0 aliphatic rings. The average Bonchev–Trinajstić information content (AvgIpc) is 3.40. The van der Waals surface area contributed by atoms with E-state index in [0.717, 1.165) is 122 Å². The first kappa shape index (κ1) is 70.1. The maximum Gasteiger partial charge on any atom is 0.306 e. The summed E-state index contributed by atoms with van der Waals surface area (Å²) in [4.78, 5) is 38.2. The highest BCUT2D eigenvalue weighted by atomic mass is 16.6. The van der Waals surface area contributed by atoms with Crippen LogP contribution in [0, 0.1) is 0 Å². The van der Waals surface area contributed by atoms with Crippen molar-refractivity contribution < 1.29 is 28.6 Å². The van der Waals surface area contributed by atoms with Crippen LogP contribution in [0.4, 0.5) is 0 Å². The largest absolute Gasteiger partial charge is 0.462 e. The summed E-state index contributed by atoms with van der Waals surface area (Å²) in [6.07, 6.45) is 83.7. The molecule has 0 rings (SSSR count). The first-order valence-electron chi connectivity index (χ1n) is 30.9. The Labute approximate surface area is 457 Å². The van der Waals surface area contributed by atoms with Gasteiger partial charge in [-0.1, -0.05) is 246 Å². The van der Waals surface area contributed by atoms with E-state index in [2.05, 4.69) is 130 Å². The number of esters is 3. The molecule has 6 nitrogen and oxygen atoms in total. The van der Waals surface area contributed by atoms with Crippen molar-refractivity contribution in [3.8, 4) is 0 Å². The van der Waals surface area contributed by atoms with Crippen molar-refractivity contribution in [2.75, 3.05) is 13.2 Å². The van der Waals surface area contributed by atoms with Crippen molar-refractivity contribution in [1.82, 2.24) is 0 Å². The van der Waals surface area contributed by atoms with Crippen molar-refractivity contribution in [1.29, 1.82) is 0 Å². The van der Waals surface area contributed by atoms with Crippen LogP contribution in [0.1, 0.15) is 284 Å². The molecule has 1 unspecified atom stereocenters. The first-order valence-corrected chi connectivity index (χ1v) is 30.9. The minimum Gasteiger partial charge on any atom is -0.462 e. The van der Waals surface area contributed by atoms with Gasteiger partial charge in [-0.15, -0.1) is 0 Å². The van der Waals surface area contributed by atoms with Crippen molar-refractivity contribution >= 4 is 17.9 Å². The van der Waals surface area contributed by atoms with E-state index < -0.39 is 6.10 Å². The fraction of sp³-hybridized carbons (Fsp3) is 0.691. The molecule has 0 fully saturated rings. The van der Waals surface area contributed by atoms with Crippen LogP contribution >= 0.6 is 0 Å². The Hall–Kier alpha value is -3.93. The Morgan fingerprint density at radius 2 is 0.527 bits per heavy atom. The topological polar surface area (TPSA) is 78.9 Å². The number of rotatable bonds is 55. The normalized spacial score (nSPS) is 12.9. The standard InChI is InChI=1S/C68H114O6/c1-4-7-10-13-16-19-22-25-28-30-31-32-33-34-35-36-37-38-41-43-46-49-52-55-58-61-67(70)73-64-65(63-72-66(69)60-57-54-51-48-45-42-39-27-24-21-18-15-12-9-6-3)74-68(71)62-59-56-53-50-47-44-40-29-26-23-20-17-14-11-8-5-2/h9,12,18,20-23,25,27,29-31,33-34,39-40,45,48,65H,4-8,10-11,13-17,19,24,26,28,32,35-38,41-44,46-47,49-64H2,1-3H3/b12-9-,21-18-,23-20-,25-22-,31-30-,34-33-,39-27-,40-29-,48-45-. The number of unbranched alkanes of at least 4 members (excludes halogenated alkanes) is 26. The molecule has 0 saturated carbocycles. The molecule has 0 aromatic carbocycles. The van der Waals surface area contributed by atoms with Gasteiger partial charge in [0.05, 0.1) is 0 Å². The van der Waals surface area contributed by atoms with E-state index in [-0.39, 0.29) is 31.1 Å². The highest BCUT2D eigenvalue weighted by Crippen LogP contribution is 2.15. The third-order valence-electron chi connectivity index (χ3n) is 13.0. The molecule has 0 aromatic rings. The summed E-state index contributed by atoms with van der Waals surface area (Å²) >= 11 is 0. The summed E-state index contributed by atoms with van der Waals surface area (Å²) < 4.78 is 16.9. The second-order valence-electron chi connectivity index (χ2n) is 20.2. The maximum atomic E-state index is 12.9. The van der Waals surface area contributed by atoms with E-state index in [0.29, 0.717) is 19.3 Å². The number of allylic oxidation sites excluding steroid dienone is 18. The molecule has 74 heavy (non-hydrogen) atoms. The highest BCUT2D eigenvalue weighted by Gasteiger charge is 2.19. The summed E-state index contributed by atoms with van der Waals surface area (Å²) in [5.74, 6) is -0.957. The minimum atomic E-state index is -0.807. The number of carbonyl (C=O) groups is 3. The van der Waals surface area contributed by atoms with Gasteiger partial charge in [0, 0.05) is 19.3 Å². The monoisotopic (exact) mass is 1030 g/mol. The van der Waals surface area contributed by atoms with Crippen LogP contribution in [0.2, 0.25) is 0 Å². The fourth-order valence-corrected chi connectivity index (χ4v) is 8.35. The second kappa shape index (κ2) is 61.6. The molecule has 0 amide bonds. The van der Waals surface area contributed by atoms with Gasteiger partial charge in [0.25, 0.3) is 0 Å². The summed E-state index contributed by atoms with van der Waals surface area (Å²) in [6.45, 7) is 6.46. The van der Waals surface area contributed by atoms with E-state index in [4.69, 9.17) is 14.2 Å². The number of hydrogen-bond acceptors (Lipinski definition) is 6. The molecular weight excluding hydrogens is 913 g/mol. The SMILES string of the molecule is CC/C=C\C/C=C\C/C=C\C/C=C\CCCCC(=O)OCC(COC(=O)CCCCCCCCCCCC/C=C\C/C=C\C/C=C\CCCCCCC)OC(=O)CCCCCCC/C=C\C/C=C\CCCCCC. The Bertz CT molecular complexity index is 1510. The Balaban J connectivity index is 4.40. The van der Waals surface area contributed by atoms with Crippen LogP contribution in [0.15, 0.2) is 109 Å². The van der Waals surface area contributed by atoms with Crippen LogP contribution in [-0.4, -0.2) is 37.2 Å². The van der Waals surface area contributed by atoms with Crippen LogP contribution in [0.3, 0.4) is 0 Å². The molecule has 0 aliphatic heterocycles. The summed E-state index contributed by atoms with van der Waals surface area (Å²) in [5.41, 5.74) is 0. The molecule has 6 heteroatoms. The zero-order valence-corrected chi connectivity index (χ0v) is 48.3. The van der Waals surface area contributed by atoms with Gasteiger partial charge in [-0.3, -0.25) is 14.4 Å². The van der Waals surface area contributed by atoms with E-state index in [1.807, 2.05) is 0 Å². The van der Waals surface area contributed by atoms with Crippen LogP contribution in [0.5, 0.6) is 0 Å². The van der Waals surface area contributed by atoms with Crippen molar-refractivity contribution in [3.63, 3.8) is 0 Å². The molecular formula is C68H114O6. The zero-order valence-electron chi connectivity index (χ0n) is 48.3. The molecule has 0 N–H and O–H groups in total. The molecule has 1 atom stereocenters. The summed E-state index contributed by atoms with van der Waals surface area (Å²) in [7, 11) is 0. The molecule has 422 valence electrons. The van der Waals surface area contributed by atoms with Gasteiger partial charge in [0.2, 0.25) is 0 Å².